The van der Waals surface area contributed by atoms with Gasteiger partial charge < -0.3 is 15.0 Å². The lowest BCUT2D eigenvalue weighted by Gasteiger charge is -2.24. The van der Waals surface area contributed by atoms with E-state index in [-0.39, 0.29) is 0 Å². The summed E-state index contributed by atoms with van der Waals surface area (Å²) in [5.74, 6) is 0.818. The fourth-order valence-corrected chi connectivity index (χ4v) is 2.01. The van der Waals surface area contributed by atoms with E-state index < -0.39 is 0 Å². The first-order valence-electron chi connectivity index (χ1n) is 6.13. The summed E-state index contributed by atoms with van der Waals surface area (Å²) in [6.45, 7) is 10.7. The van der Waals surface area contributed by atoms with E-state index in [0.29, 0.717) is 12.1 Å². The predicted octanol–water partition coefficient (Wildman–Crippen LogP) is 1.34. The topological polar surface area (TPSA) is 24.5 Å². The van der Waals surface area contributed by atoms with Crippen LogP contribution in [0.15, 0.2) is 0 Å². The fraction of sp³-hybridized carbons (Fsp3) is 1.00. The Kier molecular flexibility index (Phi) is 5.58. The Bertz CT molecular complexity index is 173. The van der Waals surface area contributed by atoms with Crippen LogP contribution in [0.4, 0.5) is 0 Å². The smallest absolute Gasteiger partial charge is 0.0596 e. The van der Waals surface area contributed by atoms with Crippen LogP contribution in [0.1, 0.15) is 27.2 Å². The number of hydrogen-bond acceptors (Lipinski definition) is 3. The zero-order valence-corrected chi connectivity index (χ0v) is 10.6. The second-order valence-corrected chi connectivity index (χ2v) is 5.01. The minimum Gasteiger partial charge on any atom is -0.377 e. The summed E-state index contributed by atoms with van der Waals surface area (Å²) >= 11 is 0. The molecule has 0 aromatic carbocycles. The monoisotopic (exact) mass is 214 g/mol. The molecule has 0 radical (unpaired) electrons. The van der Waals surface area contributed by atoms with E-state index in [9.17, 15) is 0 Å². The molecule has 15 heavy (non-hydrogen) atoms. The van der Waals surface area contributed by atoms with Crippen molar-refractivity contribution in [3.05, 3.63) is 0 Å². The highest BCUT2D eigenvalue weighted by molar-refractivity contribution is 4.82. The van der Waals surface area contributed by atoms with Gasteiger partial charge in [-0.2, -0.15) is 0 Å². The first kappa shape index (κ1) is 12.9. The molecule has 0 aromatic rings. The largest absolute Gasteiger partial charge is 0.377 e. The number of nitrogens with zero attached hydrogens (tertiary/aromatic N) is 1. The summed E-state index contributed by atoms with van der Waals surface area (Å²) in [4.78, 5) is 2.36. The molecule has 3 heteroatoms. The van der Waals surface area contributed by atoms with E-state index in [1.54, 1.807) is 0 Å². The van der Waals surface area contributed by atoms with E-state index in [4.69, 9.17) is 4.74 Å². The van der Waals surface area contributed by atoms with E-state index in [0.717, 1.165) is 25.6 Å². The molecule has 2 atom stereocenters. The lowest BCUT2D eigenvalue weighted by molar-refractivity contribution is 0.0619. The van der Waals surface area contributed by atoms with Gasteiger partial charge >= 0.3 is 0 Å². The Hall–Kier alpha value is -0.120. The molecule has 0 aliphatic carbocycles. The summed E-state index contributed by atoms with van der Waals surface area (Å²) in [7, 11) is 2.18. The Morgan fingerprint density at radius 3 is 2.73 bits per heavy atom. The molecule has 1 saturated heterocycles. The van der Waals surface area contributed by atoms with Crippen LogP contribution < -0.4 is 5.32 Å². The van der Waals surface area contributed by atoms with Crippen molar-refractivity contribution < 1.29 is 4.74 Å². The van der Waals surface area contributed by atoms with Gasteiger partial charge in [0.25, 0.3) is 0 Å². The van der Waals surface area contributed by atoms with Crippen LogP contribution >= 0.6 is 0 Å². The van der Waals surface area contributed by atoms with Gasteiger partial charge in [0.15, 0.2) is 0 Å². The van der Waals surface area contributed by atoms with Crippen LogP contribution in [0.25, 0.3) is 0 Å². The Labute approximate surface area is 94.2 Å². The molecule has 0 spiro atoms. The van der Waals surface area contributed by atoms with E-state index in [2.05, 4.69) is 38.0 Å². The van der Waals surface area contributed by atoms with E-state index in [1.165, 1.54) is 13.0 Å². The Balaban J connectivity index is 2.09. The van der Waals surface area contributed by atoms with Crippen molar-refractivity contribution in [3.8, 4) is 0 Å². The molecule has 0 amide bonds. The molecule has 90 valence electrons. The summed E-state index contributed by atoms with van der Waals surface area (Å²) in [6, 6.07) is 0.675. The summed E-state index contributed by atoms with van der Waals surface area (Å²) < 4.78 is 5.54. The Morgan fingerprint density at radius 2 is 2.20 bits per heavy atom. The molecule has 1 rings (SSSR count). The average molecular weight is 214 g/mol. The van der Waals surface area contributed by atoms with Gasteiger partial charge in [-0.25, -0.2) is 0 Å². The maximum Gasteiger partial charge on any atom is 0.0596 e. The number of hydrogen-bond donors (Lipinski definition) is 1. The van der Waals surface area contributed by atoms with E-state index >= 15 is 0 Å². The quantitative estimate of drug-likeness (QED) is 0.722. The standard InChI is InChI=1S/C12H26N2O/c1-10(2)15-8-7-14(4)9-12-11(3)5-6-13-12/h10-13H,5-9H2,1-4H3. The van der Waals surface area contributed by atoms with Crippen molar-refractivity contribution >= 4 is 0 Å². The highest BCUT2D eigenvalue weighted by Gasteiger charge is 2.23. The summed E-state index contributed by atoms with van der Waals surface area (Å²) in [5, 5.41) is 3.55. The van der Waals surface area contributed by atoms with Crippen LogP contribution in [-0.4, -0.2) is 50.3 Å². The molecule has 1 fully saturated rings. The molecule has 1 aliphatic rings. The predicted molar refractivity (Wildman–Crippen MR) is 64.2 cm³/mol. The zero-order chi connectivity index (χ0) is 11.3. The van der Waals surface area contributed by atoms with Crippen LogP contribution in [0, 0.1) is 5.92 Å². The van der Waals surface area contributed by atoms with Crippen molar-refractivity contribution in [1.29, 1.82) is 0 Å². The number of nitrogens with one attached hydrogen (secondary N) is 1. The second kappa shape index (κ2) is 6.46. The first-order valence-corrected chi connectivity index (χ1v) is 6.13. The van der Waals surface area contributed by atoms with Crippen LogP contribution in [0.2, 0.25) is 0 Å². The molecule has 1 aliphatic heterocycles. The maximum absolute atomic E-state index is 5.54. The molecule has 2 unspecified atom stereocenters. The molecular formula is C12H26N2O. The van der Waals surface area contributed by atoms with Gasteiger partial charge in [-0.15, -0.1) is 0 Å². The summed E-state index contributed by atoms with van der Waals surface area (Å²) in [5.41, 5.74) is 0. The van der Waals surface area contributed by atoms with Crippen molar-refractivity contribution in [2.45, 2.75) is 39.3 Å². The van der Waals surface area contributed by atoms with Crippen LogP contribution in [0.5, 0.6) is 0 Å². The number of likely N-dealkylation sites (N-methyl/N-ethyl adjacent to an activating group) is 1. The van der Waals surface area contributed by atoms with Crippen LogP contribution in [-0.2, 0) is 4.74 Å². The van der Waals surface area contributed by atoms with Gasteiger partial charge in [-0.05, 0) is 39.8 Å². The lowest BCUT2D eigenvalue weighted by Crippen LogP contribution is -2.39. The molecule has 3 nitrogen and oxygen atoms in total. The minimum absolute atomic E-state index is 0.349. The number of ether oxygens (including phenoxy) is 1. The average Bonchev–Trinajstić information content (AvgIpc) is 2.51. The van der Waals surface area contributed by atoms with Gasteiger partial charge in [0.2, 0.25) is 0 Å². The van der Waals surface area contributed by atoms with Crippen molar-refractivity contribution in [3.63, 3.8) is 0 Å². The summed E-state index contributed by atoms with van der Waals surface area (Å²) in [6.07, 6.45) is 1.67. The maximum atomic E-state index is 5.54. The molecule has 0 aromatic heterocycles. The molecular weight excluding hydrogens is 188 g/mol. The number of rotatable bonds is 6. The molecule has 0 bridgehead atoms. The van der Waals surface area contributed by atoms with Gasteiger partial charge in [0, 0.05) is 19.1 Å². The third kappa shape index (κ3) is 4.96. The Morgan fingerprint density at radius 1 is 1.47 bits per heavy atom. The highest BCUT2D eigenvalue weighted by atomic mass is 16.5. The molecule has 1 N–H and O–H groups in total. The minimum atomic E-state index is 0.349. The zero-order valence-electron chi connectivity index (χ0n) is 10.6. The van der Waals surface area contributed by atoms with Gasteiger partial charge in [-0.1, -0.05) is 6.92 Å². The van der Waals surface area contributed by atoms with Gasteiger partial charge in [0.05, 0.1) is 12.7 Å². The van der Waals surface area contributed by atoms with Crippen LogP contribution in [0.3, 0.4) is 0 Å². The normalized spacial score (nSPS) is 26.8. The van der Waals surface area contributed by atoms with E-state index in [1.807, 2.05) is 0 Å². The van der Waals surface area contributed by atoms with Crippen molar-refractivity contribution in [1.82, 2.24) is 10.2 Å². The first-order chi connectivity index (χ1) is 7.09. The van der Waals surface area contributed by atoms with Crippen molar-refractivity contribution in [2.24, 2.45) is 5.92 Å². The molecule has 1 heterocycles. The van der Waals surface area contributed by atoms with Gasteiger partial charge in [0.1, 0.15) is 0 Å². The molecule has 0 saturated carbocycles. The van der Waals surface area contributed by atoms with Gasteiger partial charge in [-0.3, -0.25) is 0 Å². The lowest BCUT2D eigenvalue weighted by atomic mass is 10.0. The SMILES string of the molecule is CC(C)OCCN(C)CC1NCCC1C. The highest BCUT2D eigenvalue weighted by Crippen LogP contribution is 2.14. The van der Waals surface area contributed by atoms with Crippen molar-refractivity contribution in [2.75, 3.05) is 33.3 Å². The second-order valence-electron chi connectivity index (χ2n) is 5.01. The fourth-order valence-electron chi connectivity index (χ4n) is 2.01. The third-order valence-electron chi connectivity index (χ3n) is 3.13. The third-order valence-corrected chi connectivity index (χ3v) is 3.13.